The van der Waals surface area contributed by atoms with Gasteiger partial charge >= 0.3 is 0 Å². The molecular formula is C17H29FN2O. The van der Waals surface area contributed by atoms with Gasteiger partial charge in [0.25, 0.3) is 0 Å². The number of benzene rings is 1. The van der Waals surface area contributed by atoms with Crippen LogP contribution in [0.5, 0.6) is 0 Å². The fourth-order valence-corrected chi connectivity index (χ4v) is 2.47. The topological polar surface area (TPSA) is 35.5 Å². The zero-order chi connectivity index (χ0) is 15.7. The van der Waals surface area contributed by atoms with E-state index in [4.69, 9.17) is 0 Å². The molecule has 0 amide bonds. The number of nitrogens with one attached hydrogen (secondary N) is 1. The van der Waals surface area contributed by atoms with Crippen molar-refractivity contribution >= 4 is 5.69 Å². The molecule has 0 fully saturated rings. The maximum atomic E-state index is 13.8. The van der Waals surface area contributed by atoms with E-state index in [-0.39, 0.29) is 18.0 Å². The summed E-state index contributed by atoms with van der Waals surface area (Å²) in [4.78, 5) is 2.05. The van der Waals surface area contributed by atoms with E-state index in [1.807, 2.05) is 30.9 Å². The Kier molecular flexibility index (Phi) is 7.68. The molecule has 0 radical (unpaired) electrons. The number of hydrogen-bond donors (Lipinski definition) is 2. The van der Waals surface area contributed by atoms with Gasteiger partial charge in [0.2, 0.25) is 0 Å². The van der Waals surface area contributed by atoms with Crippen molar-refractivity contribution < 1.29 is 9.50 Å². The molecule has 0 saturated carbocycles. The first-order valence-electron chi connectivity index (χ1n) is 7.91. The molecule has 120 valence electrons. The number of halogens is 1. The highest BCUT2D eigenvalue weighted by molar-refractivity contribution is 5.47. The number of anilines is 1. The van der Waals surface area contributed by atoms with Gasteiger partial charge in [-0.05, 0) is 51.8 Å². The SMILES string of the molecule is CCCNC(C)(CO)CCCN(CC)c1ccccc1F. The van der Waals surface area contributed by atoms with Crippen LogP contribution in [0.25, 0.3) is 0 Å². The molecule has 0 aliphatic carbocycles. The van der Waals surface area contributed by atoms with E-state index < -0.39 is 0 Å². The van der Waals surface area contributed by atoms with Crippen molar-refractivity contribution in [2.45, 2.75) is 45.6 Å². The van der Waals surface area contributed by atoms with Crippen LogP contribution in [0.3, 0.4) is 0 Å². The van der Waals surface area contributed by atoms with E-state index in [9.17, 15) is 9.50 Å². The summed E-state index contributed by atoms with van der Waals surface area (Å²) in [6, 6.07) is 6.89. The Labute approximate surface area is 128 Å². The molecule has 0 saturated heterocycles. The maximum Gasteiger partial charge on any atom is 0.146 e. The molecule has 1 aromatic carbocycles. The molecule has 3 nitrogen and oxygen atoms in total. The molecule has 0 aliphatic rings. The van der Waals surface area contributed by atoms with Crippen LogP contribution in [0, 0.1) is 5.82 Å². The Hall–Kier alpha value is -1.13. The first-order valence-corrected chi connectivity index (χ1v) is 7.91. The number of rotatable bonds is 10. The summed E-state index contributed by atoms with van der Waals surface area (Å²) in [5.74, 6) is -0.173. The van der Waals surface area contributed by atoms with Gasteiger partial charge in [0.1, 0.15) is 5.82 Å². The van der Waals surface area contributed by atoms with Gasteiger partial charge < -0.3 is 15.3 Å². The molecule has 0 spiro atoms. The Morgan fingerprint density at radius 1 is 1.29 bits per heavy atom. The average Bonchev–Trinajstić information content (AvgIpc) is 2.50. The number of aliphatic hydroxyl groups is 1. The lowest BCUT2D eigenvalue weighted by Gasteiger charge is -2.31. The van der Waals surface area contributed by atoms with Crippen molar-refractivity contribution in [3.05, 3.63) is 30.1 Å². The van der Waals surface area contributed by atoms with Gasteiger partial charge in [0, 0.05) is 18.6 Å². The Morgan fingerprint density at radius 2 is 2.00 bits per heavy atom. The highest BCUT2D eigenvalue weighted by Crippen LogP contribution is 2.20. The smallest absolute Gasteiger partial charge is 0.146 e. The lowest BCUT2D eigenvalue weighted by molar-refractivity contribution is 0.164. The second-order valence-electron chi connectivity index (χ2n) is 5.78. The van der Waals surface area contributed by atoms with E-state index in [2.05, 4.69) is 12.2 Å². The normalized spacial score (nSPS) is 14.0. The van der Waals surface area contributed by atoms with Crippen molar-refractivity contribution in [2.24, 2.45) is 0 Å². The Morgan fingerprint density at radius 3 is 2.57 bits per heavy atom. The minimum absolute atomic E-state index is 0.124. The van der Waals surface area contributed by atoms with Gasteiger partial charge in [-0.25, -0.2) is 4.39 Å². The molecule has 1 rings (SSSR count). The van der Waals surface area contributed by atoms with Crippen LogP contribution in [0.15, 0.2) is 24.3 Å². The van der Waals surface area contributed by atoms with Crippen molar-refractivity contribution in [3.63, 3.8) is 0 Å². The number of hydrogen-bond acceptors (Lipinski definition) is 3. The van der Waals surface area contributed by atoms with Crippen LogP contribution in [-0.2, 0) is 0 Å². The summed E-state index contributed by atoms with van der Waals surface area (Å²) in [5, 5.41) is 13.0. The summed E-state index contributed by atoms with van der Waals surface area (Å²) < 4.78 is 13.8. The van der Waals surface area contributed by atoms with Crippen LogP contribution in [0.2, 0.25) is 0 Å². The predicted molar refractivity (Wildman–Crippen MR) is 87.3 cm³/mol. The molecular weight excluding hydrogens is 267 g/mol. The zero-order valence-electron chi connectivity index (χ0n) is 13.5. The molecule has 2 N–H and O–H groups in total. The number of nitrogens with zero attached hydrogens (tertiary/aromatic N) is 1. The second kappa shape index (κ2) is 9.00. The fraction of sp³-hybridized carbons (Fsp3) is 0.647. The molecule has 4 heteroatoms. The van der Waals surface area contributed by atoms with Crippen molar-refractivity contribution in [1.29, 1.82) is 0 Å². The van der Waals surface area contributed by atoms with E-state index in [1.165, 1.54) is 6.07 Å². The summed E-state index contributed by atoms with van der Waals surface area (Å²) in [5.41, 5.74) is 0.414. The third-order valence-corrected chi connectivity index (χ3v) is 3.88. The van der Waals surface area contributed by atoms with Crippen molar-refractivity contribution in [1.82, 2.24) is 5.32 Å². The standard InChI is InChI=1S/C17H29FN2O/c1-4-12-19-17(3,14-21)11-8-13-20(5-2)16-10-7-6-9-15(16)18/h6-7,9-10,19,21H,4-5,8,11-14H2,1-3H3. The van der Waals surface area contributed by atoms with Crippen LogP contribution in [-0.4, -0.2) is 36.9 Å². The molecule has 0 heterocycles. The van der Waals surface area contributed by atoms with E-state index >= 15 is 0 Å². The van der Waals surface area contributed by atoms with E-state index in [1.54, 1.807) is 6.07 Å². The molecule has 0 bridgehead atoms. The van der Waals surface area contributed by atoms with Crippen LogP contribution in [0.4, 0.5) is 10.1 Å². The van der Waals surface area contributed by atoms with Gasteiger partial charge in [-0.2, -0.15) is 0 Å². The van der Waals surface area contributed by atoms with Crippen LogP contribution >= 0.6 is 0 Å². The first kappa shape index (κ1) is 17.9. The van der Waals surface area contributed by atoms with Crippen molar-refractivity contribution in [2.75, 3.05) is 31.1 Å². The summed E-state index contributed by atoms with van der Waals surface area (Å²) in [6.07, 6.45) is 2.83. The highest BCUT2D eigenvalue weighted by atomic mass is 19.1. The third-order valence-electron chi connectivity index (χ3n) is 3.88. The Bertz CT molecular complexity index is 414. The van der Waals surface area contributed by atoms with E-state index in [0.29, 0.717) is 5.69 Å². The van der Waals surface area contributed by atoms with E-state index in [0.717, 1.165) is 38.9 Å². The van der Waals surface area contributed by atoms with Crippen LogP contribution in [0.1, 0.15) is 40.0 Å². The number of aliphatic hydroxyl groups excluding tert-OH is 1. The lowest BCUT2D eigenvalue weighted by Crippen LogP contribution is -2.46. The first-order chi connectivity index (χ1) is 10.1. The predicted octanol–water partition coefficient (Wildman–Crippen LogP) is 3.18. The van der Waals surface area contributed by atoms with Gasteiger partial charge in [0.05, 0.1) is 12.3 Å². The molecule has 0 aromatic heterocycles. The van der Waals surface area contributed by atoms with Gasteiger partial charge in [0.15, 0.2) is 0 Å². The maximum absolute atomic E-state index is 13.8. The fourth-order valence-electron chi connectivity index (χ4n) is 2.47. The molecule has 21 heavy (non-hydrogen) atoms. The van der Waals surface area contributed by atoms with Crippen LogP contribution < -0.4 is 10.2 Å². The summed E-state index contributed by atoms with van der Waals surface area (Å²) in [7, 11) is 0. The van der Waals surface area contributed by atoms with Gasteiger partial charge in [-0.1, -0.05) is 19.1 Å². The average molecular weight is 296 g/mol. The van der Waals surface area contributed by atoms with Gasteiger partial charge in [-0.15, -0.1) is 0 Å². The zero-order valence-corrected chi connectivity index (χ0v) is 13.5. The molecule has 0 aliphatic heterocycles. The minimum atomic E-state index is -0.245. The third kappa shape index (κ3) is 5.64. The summed E-state index contributed by atoms with van der Waals surface area (Å²) in [6.45, 7) is 8.79. The number of para-hydroxylation sites is 1. The molecule has 1 unspecified atom stereocenters. The lowest BCUT2D eigenvalue weighted by atomic mass is 9.96. The Balaban J connectivity index is 2.54. The molecule has 1 aromatic rings. The second-order valence-corrected chi connectivity index (χ2v) is 5.78. The summed E-state index contributed by atoms with van der Waals surface area (Å²) >= 11 is 0. The highest BCUT2D eigenvalue weighted by Gasteiger charge is 2.22. The largest absolute Gasteiger partial charge is 0.394 e. The monoisotopic (exact) mass is 296 g/mol. The van der Waals surface area contributed by atoms with Crippen molar-refractivity contribution in [3.8, 4) is 0 Å². The minimum Gasteiger partial charge on any atom is -0.394 e. The van der Waals surface area contributed by atoms with Gasteiger partial charge in [-0.3, -0.25) is 0 Å². The quantitative estimate of drug-likeness (QED) is 0.696. The molecule has 1 atom stereocenters.